The lowest BCUT2D eigenvalue weighted by atomic mass is 9.98. The van der Waals surface area contributed by atoms with Gasteiger partial charge in [0.25, 0.3) is 5.91 Å². The second-order valence-corrected chi connectivity index (χ2v) is 8.31. The van der Waals surface area contributed by atoms with Crippen LogP contribution in [0.5, 0.6) is 5.75 Å². The number of carbonyl (C=O) groups is 2. The van der Waals surface area contributed by atoms with Gasteiger partial charge in [0.05, 0.1) is 12.8 Å². The SMILES string of the molecule is COc1cccc(NC(=O)N2CCC(c3nnc(C(=O)Nc4ccccc4F)s3)CC2)c1. The zero-order valence-electron chi connectivity index (χ0n) is 17.4. The average molecular weight is 456 g/mol. The number of benzene rings is 2. The molecule has 1 aliphatic heterocycles. The third-order valence-corrected chi connectivity index (χ3v) is 6.29. The maximum atomic E-state index is 13.7. The van der Waals surface area contributed by atoms with Crippen molar-refractivity contribution >= 4 is 34.6 Å². The Morgan fingerprint density at radius 3 is 2.62 bits per heavy atom. The molecule has 0 aliphatic carbocycles. The Morgan fingerprint density at radius 2 is 1.88 bits per heavy atom. The van der Waals surface area contributed by atoms with Crippen molar-refractivity contribution in [3.8, 4) is 5.75 Å². The number of hydrogen-bond acceptors (Lipinski definition) is 6. The molecule has 1 aromatic heterocycles. The molecule has 166 valence electrons. The topological polar surface area (TPSA) is 96.4 Å². The predicted octanol–water partition coefficient (Wildman–Crippen LogP) is 4.35. The van der Waals surface area contributed by atoms with Gasteiger partial charge in [-0.15, -0.1) is 10.2 Å². The second-order valence-electron chi connectivity index (χ2n) is 7.30. The predicted molar refractivity (Wildman–Crippen MR) is 120 cm³/mol. The van der Waals surface area contributed by atoms with E-state index >= 15 is 0 Å². The van der Waals surface area contributed by atoms with Crippen LogP contribution in [0.25, 0.3) is 0 Å². The molecule has 0 atom stereocenters. The maximum Gasteiger partial charge on any atom is 0.321 e. The van der Waals surface area contributed by atoms with Crippen molar-refractivity contribution in [2.75, 3.05) is 30.8 Å². The number of nitrogens with zero attached hydrogens (tertiary/aromatic N) is 3. The van der Waals surface area contributed by atoms with Crippen LogP contribution in [-0.2, 0) is 0 Å². The van der Waals surface area contributed by atoms with Crippen molar-refractivity contribution in [2.24, 2.45) is 0 Å². The number of likely N-dealkylation sites (tertiary alicyclic amines) is 1. The maximum absolute atomic E-state index is 13.7. The quantitative estimate of drug-likeness (QED) is 0.596. The zero-order valence-corrected chi connectivity index (χ0v) is 18.2. The first-order valence-corrected chi connectivity index (χ1v) is 10.9. The molecule has 0 spiro atoms. The van der Waals surface area contributed by atoms with Crippen LogP contribution in [0.15, 0.2) is 48.5 Å². The van der Waals surface area contributed by atoms with Gasteiger partial charge in [-0.3, -0.25) is 4.79 Å². The molecule has 1 saturated heterocycles. The molecular formula is C22H22FN5O3S. The van der Waals surface area contributed by atoms with E-state index in [2.05, 4.69) is 20.8 Å². The highest BCUT2D eigenvalue weighted by molar-refractivity contribution is 7.13. The van der Waals surface area contributed by atoms with Gasteiger partial charge in [0.15, 0.2) is 0 Å². The van der Waals surface area contributed by atoms with Crippen molar-refractivity contribution < 1.29 is 18.7 Å². The summed E-state index contributed by atoms with van der Waals surface area (Å²) in [7, 11) is 1.58. The fraction of sp³-hybridized carbons (Fsp3) is 0.273. The van der Waals surface area contributed by atoms with E-state index in [1.54, 1.807) is 30.2 Å². The molecule has 1 aliphatic rings. The van der Waals surface area contributed by atoms with Gasteiger partial charge in [0, 0.05) is 30.8 Å². The van der Waals surface area contributed by atoms with Gasteiger partial charge in [-0.05, 0) is 37.1 Å². The third-order valence-electron chi connectivity index (χ3n) is 5.21. The minimum Gasteiger partial charge on any atom is -0.497 e. The van der Waals surface area contributed by atoms with Gasteiger partial charge in [0.1, 0.15) is 16.6 Å². The van der Waals surface area contributed by atoms with Gasteiger partial charge in [-0.25, -0.2) is 9.18 Å². The summed E-state index contributed by atoms with van der Waals surface area (Å²) in [5.74, 6) is -0.213. The first-order valence-electron chi connectivity index (χ1n) is 10.1. The van der Waals surface area contributed by atoms with Gasteiger partial charge < -0.3 is 20.3 Å². The number of rotatable bonds is 5. The highest BCUT2D eigenvalue weighted by Crippen LogP contribution is 2.31. The Kier molecular flexibility index (Phi) is 6.60. The molecule has 0 radical (unpaired) electrons. The van der Waals surface area contributed by atoms with Crippen LogP contribution in [0.4, 0.5) is 20.6 Å². The Labute approximate surface area is 188 Å². The van der Waals surface area contributed by atoms with Gasteiger partial charge in [-0.1, -0.05) is 29.5 Å². The number of ether oxygens (including phenoxy) is 1. The van der Waals surface area contributed by atoms with Crippen molar-refractivity contribution in [2.45, 2.75) is 18.8 Å². The highest BCUT2D eigenvalue weighted by atomic mass is 32.1. The van der Waals surface area contributed by atoms with E-state index in [4.69, 9.17) is 4.74 Å². The van der Waals surface area contributed by atoms with Crippen molar-refractivity contribution in [3.05, 3.63) is 64.4 Å². The van der Waals surface area contributed by atoms with Crippen LogP contribution in [-0.4, -0.2) is 47.2 Å². The summed E-state index contributed by atoms with van der Waals surface area (Å²) >= 11 is 1.20. The Bertz CT molecular complexity index is 1110. The fourth-order valence-corrected chi connectivity index (χ4v) is 4.37. The van der Waals surface area contributed by atoms with Crippen LogP contribution >= 0.6 is 11.3 Å². The first kappa shape index (κ1) is 21.7. The Morgan fingerprint density at radius 1 is 1.09 bits per heavy atom. The molecule has 3 amide bonds. The van der Waals surface area contributed by atoms with Gasteiger partial charge in [0.2, 0.25) is 5.01 Å². The highest BCUT2D eigenvalue weighted by Gasteiger charge is 2.27. The molecule has 4 rings (SSSR count). The molecule has 8 nitrogen and oxygen atoms in total. The van der Waals surface area contributed by atoms with E-state index in [1.807, 2.05) is 18.2 Å². The van der Waals surface area contributed by atoms with Gasteiger partial charge in [-0.2, -0.15) is 0 Å². The second kappa shape index (κ2) is 9.73. The van der Waals surface area contributed by atoms with E-state index in [0.29, 0.717) is 24.5 Å². The van der Waals surface area contributed by atoms with Crippen molar-refractivity contribution in [1.82, 2.24) is 15.1 Å². The van der Waals surface area contributed by atoms with E-state index in [9.17, 15) is 14.0 Å². The number of amides is 3. The number of nitrogens with one attached hydrogen (secondary N) is 2. The summed E-state index contributed by atoms with van der Waals surface area (Å²) in [4.78, 5) is 26.7. The molecule has 10 heteroatoms. The average Bonchev–Trinajstić information content (AvgIpc) is 3.31. The van der Waals surface area contributed by atoms with Crippen LogP contribution in [0.1, 0.15) is 33.6 Å². The number of urea groups is 1. The van der Waals surface area contributed by atoms with Gasteiger partial charge >= 0.3 is 6.03 Å². The van der Waals surface area contributed by atoms with Crippen LogP contribution in [0.3, 0.4) is 0 Å². The number of piperidine rings is 1. The van der Waals surface area contributed by atoms with E-state index in [1.165, 1.54) is 23.5 Å². The normalized spacial score (nSPS) is 14.1. The summed E-state index contributed by atoms with van der Waals surface area (Å²) in [6, 6.07) is 13.0. The van der Waals surface area contributed by atoms with Crippen LogP contribution in [0, 0.1) is 5.82 Å². The van der Waals surface area contributed by atoms with Crippen LogP contribution in [0.2, 0.25) is 0 Å². The number of aromatic nitrogens is 2. The molecule has 2 N–H and O–H groups in total. The lowest BCUT2D eigenvalue weighted by Crippen LogP contribution is -2.40. The number of halogens is 1. The molecule has 3 aromatic rings. The summed E-state index contributed by atoms with van der Waals surface area (Å²) in [6.07, 6.45) is 1.43. The molecule has 0 bridgehead atoms. The Balaban J connectivity index is 1.31. The summed E-state index contributed by atoms with van der Waals surface area (Å²) < 4.78 is 18.9. The number of hydrogen-bond donors (Lipinski definition) is 2. The smallest absolute Gasteiger partial charge is 0.321 e. The minimum atomic E-state index is -0.509. The summed E-state index contributed by atoms with van der Waals surface area (Å²) in [6.45, 7) is 1.13. The molecule has 32 heavy (non-hydrogen) atoms. The first-order chi connectivity index (χ1) is 15.5. The summed E-state index contributed by atoms with van der Waals surface area (Å²) in [5.41, 5.74) is 0.774. The molecule has 2 aromatic carbocycles. The van der Waals surface area contributed by atoms with E-state index < -0.39 is 11.7 Å². The standard InChI is InChI=1S/C22H22FN5O3S/c1-31-16-6-4-5-15(13-16)24-22(30)28-11-9-14(10-12-28)20-26-27-21(32-20)19(29)25-18-8-3-2-7-17(18)23/h2-8,13-14H,9-12H2,1H3,(H,24,30)(H,25,29). The molecule has 2 heterocycles. The monoisotopic (exact) mass is 455 g/mol. The molecule has 0 saturated carbocycles. The fourth-order valence-electron chi connectivity index (χ4n) is 3.46. The number of anilines is 2. The number of methoxy groups -OCH3 is 1. The molecule has 1 fully saturated rings. The third kappa shape index (κ3) is 5.02. The van der Waals surface area contributed by atoms with Crippen molar-refractivity contribution in [3.63, 3.8) is 0 Å². The lowest BCUT2D eigenvalue weighted by Gasteiger charge is -2.31. The summed E-state index contributed by atoms with van der Waals surface area (Å²) in [5, 5.41) is 14.5. The number of carbonyl (C=O) groups excluding carboxylic acids is 2. The minimum absolute atomic E-state index is 0.101. The molecular weight excluding hydrogens is 433 g/mol. The van der Waals surface area contributed by atoms with Crippen LogP contribution < -0.4 is 15.4 Å². The van der Waals surface area contributed by atoms with E-state index in [0.717, 1.165) is 17.8 Å². The zero-order chi connectivity index (χ0) is 22.5. The number of para-hydroxylation sites is 1. The van der Waals surface area contributed by atoms with E-state index in [-0.39, 0.29) is 22.6 Å². The largest absolute Gasteiger partial charge is 0.497 e. The van der Waals surface area contributed by atoms with Crippen molar-refractivity contribution in [1.29, 1.82) is 0 Å². The molecule has 0 unspecified atom stereocenters. The lowest BCUT2D eigenvalue weighted by molar-refractivity contribution is 0.102. The Hall–Kier alpha value is -3.53.